The quantitative estimate of drug-likeness (QED) is 0.673. The lowest BCUT2D eigenvalue weighted by Gasteiger charge is -2.40. The summed E-state index contributed by atoms with van der Waals surface area (Å²) in [5.74, 6) is 0. The van der Waals surface area contributed by atoms with Gasteiger partial charge in [0.1, 0.15) is 0 Å². The summed E-state index contributed by atoms with van der Waals surface area (Å²) in [4.78, 5) is 0. The van der Waals surface area contributed by atoms with Gasteiger partial charge in [0.2, 0.25) is 0 Å². The third-order valence-corrected chi connectivity index (χ3v) is 3.20. The van der Waals surface area contributed by atoms with Crippen molar-refractivity contribution in [3.05, 3.63) is 0 Å². The van der Waals surface area contributed by atoms with Gasteiger partial charge in [0, 0.05) is 46.4 Å². The molecule has 0 radical (unpaired) electrons. The fourth-order valence-corrected chi connectivity index (χ4v) is 2.26. The first kappa shape index (κ1) is 13.9. The fourth-order valence-electron chi connectivity index (χ4n) is 2.26. The molecule has 0 aliphatic carbocycles. The van der Waals surface area contributed by atoms with Crippen LogP contribution in [-0.4, -0.2) is 50.3 Å². The van der Waals surface area contributed by atoms with Gasteiger partial charge in [-0.25, -0.2) is 0 Å². The molecule has 96 valence electrons. The van der Waals surface area contributed by atoms with Crippen LogP contribution in [0.3, 0.4) is 0 Å². The number of aliphatic hydroxyl groups is 1. The summed E-state index contributed by atoms with van der Waals surface area (Å²) < 4.78 is 16.1. The van der Waals surface area contributed by atoms with Crippen LogP contribution in [0.1, 0.15) is 32.6 Å². The molecule has 1 heterocycles. The van der Waals surface area contributed by atoms with Gasteiger partial charge in [-0.3, -0.25) is 0 Å². The van der Waals surface area contributed by atoms with E-state index in [0.29, 0.717) is 26.4 Å². The van der Waals surface area contributed by atoms with Gasteiger partial charge in [-0.15, -0.1) is 0 Å². The van der Waals surface area contributed by atoms with Gasteiger partial charge in [-0.2, -0.15) is 0 Å². The van der Waals surface area contributed by atoms with E-state index in [9.17, 15) is 5.11 Å². The fraction of sp³-hybridized carbons (Fsp3) is 1.00. The molecule has 0 aromatic carbocycles. The predicted molar refractivity (Wildman–Crippen MR) is 61.5 cm³/mol. The van der Waals surface area contributed by atoms with Crippen molar-refractivity contribution in [2.75, 3.05) is 33.5 Å². The molecule has 1 fully saturated rings. The first-order valence-electron chi connectivity index (χ1n) is 6.14. The van der Waals surface area contributed by atoms with E-state index in [-0.39, 0.29) is 5.60 Å². The highest BCUT2D eigenvalue weighted by Crippen LogP contribution is 2.31. The van der Waals surface area contributed by atoms with Crippen LogP contribution in [0.4, 0.5) is 0 Å². The number of rotatable bonds is 7. The number of hydrogen-bond acceptors (Lipinski definition) is 4. The molecule has 1 saturated heterocycles. The maximum absolute atomic E-state index is 10.2. The van der Waals surface area contributed by atoms with Crippen molar-refractivity contribution in [2.45, 2.75) is 44.3 Å². The van der Waals surface area contributed by atoms with E-state index >= 15 is 0 Å². The average Bonchev–Trinajstić information content (AvgIpc) is 2.31. The number of ether oxygens (including phenoxy) is 3. The second-order valence-electron chi connectivity index (χ2n) is 4.26. The van der Waals surface area contributed by atoms with Crippen LogP contribution in [0.2, 0.25) is 0 Å². The molecule has 1 unspecified atom stereocenters. The van der Waals surface area contributed by atoms with E-state index in [2.05, 4.69) is 0 Å². The van der Waals surface area contributed by atoms with Crippen LogP contribution in [-0.2, 0) is 14.2 Å². The third kappa shape index (κ3) is 3.70. The summed E-state index contributed by atoms with van der Waals surface area (Å²) in [5, 5.41) is 10.2. The lowest BCUT2D eigenvalue weighted by Crippen LogP contribution is -2.49. The molecule has 1 atom stereocenters. The van der Waals surface area contributed by atoms with Crippen LogP contribution in [0.15, 0.2) is 0 Å². The van der Waals surface area contributed by atoms with Gasteiger partial charge in [0.05, 0.1) is 11.7 Å². The lowest BCUT2D eigenvalue weighted by molar-refractivity contribution is -0.168. The molecular formula is C12H24O4. The molecule has 1 rings (SSSR count). The van der Waals surface area contributed by atoms with E-state index in [0.717, 1.165) is 25.7 Å². The Bertz CT molecular complexity index is 172. The minimum absolute atomic E-state index is 0.388. The number of methoxy groups -OCH3 is 1. The number of aliphatic hydroxyl groups excluding tert-OH is 1. The van der Waals surface area contributed by atoms with Gasteiger partial charge < -0.3 is 19.3 Å². The van der Waals surface area contributed by atoms with Crippen LogP contribution in [0.25, 0.3) is 0 Å². The summed E-state index contributed by atoms with van der Waals surface area (Å²) in [6.07, 6.45) is 2.76. The molecule has 0 saturated carbocycles. The second kappa shape index (κ2) is 7.22. The predicted octanol–water partition coefficient (Wildman–Crippen LogP) is 1.36. The molecule has 1 aliphatic heterocycles. The molecule has 4 nitrogen and oxygen atoms in total. The Kier molecular flexibility index (Phi) is 6.28. The van der Waals surface area contributed by atoms with Crippen molar-refractivity contribution in [2.24, 2.45) is 0 Å². The SMILES string of the molecule is CCOC1(C(O)CCCOC)CCOCC1. The Labute approximate surface area is 97.9 Å². The first-order chi connectivity index (χ1) is 7.75. The Morgan fingerprint density at radius 1 is 1.38 bits per heavy atom. The first-order valence-corrected chi connectivity index (χ1v) is 6.14. The zero-order chi connectivity index (χ0) is 11.9. The third-order valence-electron chi connectivity index (χ3n) is 3.20. The zero-order valence-corrected chi connectivity index (χ0v) is 10.4. The molecule has 0 bridgehead atoms. The van der Waals surface area contributed by atoms with E-state index in [1.165, 1.54) is 0 Å². The molecule has 0 aromatic rings. The van der Waals surface area contributed by atoms with Crippen molar-refractivity contribution in [1.82, 2.24) is 0 Å². The Hall–Kier alpha value is -0.160. The van der Waals surface area contributed by atoms with E-state index in [4.69, 9.17) is 14.2 Å². The summed E-state index contributed by atoms with van der Waals surface area (Å²) in [7, 11) is 1.68. The van der Waals surface area contributed by atoms with Crippen LogP contribution in [0, 0.1) is 0 Å². The Morgan fingerprint density at radius 2 is 2.06 bits per heavy atom. The highest BCUT2D eigenvalue weighted by Gasteiger charge is 2.39. The van der Waals surface area contributed by atoms with Crippen LogP contribution in [0.5, 0.6) is 0 Å². The zero-order valence-electron chi connectivity index (χ0n) is 10.4. The molecular weight excluding hydrogens is 208 g/mol. The van der Waals surface area contributed by atoms with E-state index in [1.54, 1.807) is 7.11 Å². The summed E-state index contributed by atoms with van der Waals surface area (Å²) >= 11 is 0. The topological polar surface area (TPSA) is 47.9 Å². The summed E-state index contributed by atoms with van der Waals surface area (Å²) in [6.45, 7) is 4.67. The maximum atomic E-state index is 10.2. The largest absolute Gasteiger partial charge is 0.390 e. The summed E-state index contributed by atoms with van der Waals surface area (Å²) in [6, 6.07) is 0. The minimum Gasteiger partial charge on any atom is -0.390 e. The molecule has 0 amide bonds. The molecule has 1 aliphatic rings. The van der Waals surface area contributed by atoms with E-state index in [1.807, 2.05) is 6.92 Å². The van der Waals surface area contributed by atoms with Crippen LogP contribution >= 0.6 is 0 Å². The minimum atomic E-state index is -0.411. The van der Waals surface area contributed by atoms with E-state index < -0.39 is 6.10 Å². The van der Waals surface area contributed by atoms with Gasteiger partial charge >= 0.3 is 0 Å². The highest BCUT2D eigenvalue weighted by atomic mass is 16.5. The average molecular weight is 232 g/mol. The second-order valence-corrected chi connectivity index (χ2v) is 4.26. The standard InChI is InChI=1S/C12H24O4/c1-3-16-12(6-9-15-10-7-12)11(13)5-4-8-14-2/h11,13H,3-10H2,1-2H3. The molecule has 1 N–H and O–H groups in total. The highest BCUT2D eigenvalue weighted by molar-refractivity contribution is 4.90. The van der Waals surface area contributed by atoms with Gasteiger partial charge in [-0.1, -0.05) is 0 Å². The number of hydrogen-bond donors (Lipinski definition) is 1. The van der Waals surface area contributed by atoms with Crippen molar-refractivity contribution in [1.29, 1.82) is 0 Å². The normalized spacial score (nSPS) is 21.9. The smallest absolute Gasteiger partial charge is 0.0983 e. The Morgan fingerprint density at radius 3 is 2.62 bits per heavy atom. The summed E-state index contributed by atoms with van der Waals surface area (Å²) in [5.41, 5.74) is -0.388. The molecule has 4 heteroatoms. The molecule has 0 spiro atoms. The molecule has 16 heavy (non-hydrogen) atoms. The monoisotopic (exact) mass is 232 g/mol. The van der Waals surface area contributed by atoms with Gasteiger partial charge in [0.15, 0.2) is 0 Å². The van der Waals surface area contributed by atoms with Crippen molar-refractivity contribution in [3.8, 4) is 0 Å². The Balaban J connectivity index is 2.46. The van der Waals surface area contributed by atoms with Crippen molar-refractivity contribution in [3.63, 3.8) is 0 Å². The maximum Gasteiger partial charge on any atom is 0.0983 e. The van der Waals surface area contributed by atoms with Gasteiger partial charge in [-0.05, 0) is 19.8 Å². The van der Waals surface area contributed by atoms with Crippen molar-refractivity contribution >= 4 is 0 Å². The van der Waals surface area contributed by atoms with Crippen molar-refractivity contribution < 1.29 is 19.3 Å². The van der Waals surface area contributed by atoms with Crippen LogP contribution < -0.4 is 0 Å². The molecule has 0 aromatic heterocycles. The van der Waals surface area contributed by atoms with Gasteiger partial charge in [0.25, 0.3) is 0 Å². The lowest BCUT2D eigenvalue weighted by atomic mass is 9.85.